The predicted molar refractivity (Wildman–Crippen MR) is 101 cm³/mol. The summed E-state index contributed by atoms with van der Waals surface area (Å²) in [4.78, 5) is 39.2. The monoisotopic (exact) mass is 377 g/mol. The molecule has 1 fully saturated rings. The third-order valence-corrected chi connectivity index (χ3v) is 6.59. The molecule has 0 saturated carbocycles. The number of amides is 3. The van der Waals surface area contributed by atoms with Crippen LogP contribution in [0.25, 0.3) is 0 Å². The molecule has 3 amide bonds. The number of hydrogen-bond acceptors (Lipinski definition) is 4. The van der Waals surface area contributed by atoms with Gasteiger partial charge in [0.25, 0.3) is 11.8 Å². The molecule has 3 rings (SSSR count). The average Bonchev–Trinajstić information content (AvgIpc) is 3.17. The SMILES string of the molecule is CC(C)(C)[C@@H]1CCc2sc(C(=O)NNC(=O)CN3CCCC3=O)cc2C1. The molecule has 0 bridgehead atoms. The lowest BCUT2D eigenvalue weighted by molar-refractivity contribution is -0.133. The van der Waals surface area contributed by atoms with E-state index in [2.05, 4.69) is 31.6 Å². The summed E-state index contributed by atoms with van der Waals surface area (Å²) in [6.07, 6.45) is 4.45. The van der Waals surface area contributed by atoms with E-state index >= 15 is 0 Å². The van der Waals surface area contributed by atoms with E-state index < -0.39 is 0 Å². The summed E-state index contributed by atoms with van der Waals surface area (Å²) in [6, 6.07) is 1.96. The quantitative estimate of drug-likeness (QED) is 0.793. The molecule has 142 valence electrons. The maximum atomic E-state index is 12.4. The summed E-state index contributed by atoms with van der Waals surface area (Å²) < 4.78 is 0. The minimum atomic E-state index is -0.372. The maximum Gasteiger partial charge on any atom is 0.279 e. The van der Waals surface area contributed by atoms with Crippen LogP contribution in [0.1, 0.15) is 60.1 Å². The van der Waals surface area contributed by atoms with Crippen molar-refractivity contribution in [1.29, 1.82) is 0 Å². The lowest BCUT2D eigenvalue weighted by Crippen LogP contribution is -2.46. The van der Waals surface area contributed by atoms with Gasteiger partial charge in [0.15, 0.2) is 0 Å². The van der Waals surface area contributed by atoms with Crippen molar-refractivity contribution < 1.29 is 14.4 Å². The van der Waals surface area contributed by atoms with Crippen molar-refractivity contribution in [2.45, 2.75) is 52.9 Å². The third kappa shape index (κ3) is 4.26. The molecule has 1 saturated heterocycles. The van der Waals surface area contributed by atoms with Crippen LogP contribution in [-0.2, 0) is 22.4 Å². The second-order valence-electron chi connectivity index (χ2n) is 8.29. The number of fused-ring (bicyclic) bond motifs is 1. The third-order valence-electron chi connectivity index (χ3n) is 5.35. The van der Waals surface area contributed by atoms with Gasteiger partial charge in [0, 0.05) is 17.8 Å². The molecule has 1 aromatic heterocycles. The first-order chi connectivity index (χ1) is 12.2. The second-order valence-corrected chi connectivity index (χ2v) is 9.42. The zero-order valence-electron chi connectivity index (χ0n) is 15.7. The van der Waals surface area contributed by atoms with Crippen molar-refractivity contribution in [1.82, 2.24) is 15.8 Å². The molecule has 2 aliphatic rings. The molecule has 2 N–H and O–H groups in total. The first kappa shape index (κ1) is 18.9. The van der Waals surface area contributed by atoms with Gasteiger partial charge < -0.3 is 4.90 Å². The van der Waals surface area contributed by atoms with Gasteiger partial charge in [-0.15, -0.1) is 11.3 Å². The Bertz CT molecular complexity index is 720. The lowest BCUT2D eigenvalue weighted by atomic mass is 9.72. The van der Waals surface area contributed by atoms with Gasteiger partial charge in [-0.25, -0.2) is 0 Å². The van der Waals surface area contributed by atoms with Crippen LogP contribution in [0.2, 0.25) is 0 Å². The van der Waals surface area contributed by atoms with Crippen LogP contribution in [-0.4, -0.2) is 35.7 Å². The number of rotatable bonds is 3. The lowest BCUT2D eigenvalue weighted by Gasteiger charge is -2.33. The van der Waals surface area contributed by atoms with Crippen LogP contribution in [0, 0.1) is 11.3 Å². The van der Waals surface area contributed by atoms with Crippen LogP contribution in [0.15, 0.2) is 6.07 Å². The van der Waals surface area contributed by atoms with E-state index in [-0.39, 0.29) is 29.7 Å². The van der Waals surface area contributed by atoms with E-state index in [1.54, 1.807) is 0 Å². The Kier molecular flexibility index (Phi) is 5.37. The van der Waals surface area contributed by atoms with E-state index in [1.165, 1.54) is 26.7 Å². The molecule has 0 spiro atoms. The number of hydrazine groups is 1. The summed E-state index contributed by atoms with van der Waals surface area (Å²) in [6.45, 7) is 7.40. The van der Waals surface area contributed by atoms with E-state index in [1.807, 2.05) is 6.07 Å². The number of nitrogens with one attached hydrogen (secondary N) is 2. The smallest absolute Gasteiger partial charge is 0.279 e. The highest BCUT2D eigenvalue weighted by atomic mass is 32.1. The zero-order chi connectivity index (χ0) is 18.9. The molecule has 2 heterocycles. The number of hydrogen-bond donors (Lipinski definition) is 2. The number of aryl methyl sites for hydroxylation is 1. The Balaban J connectivity index is 1.54. The maximum absolute atomic E-state index is 12.4. The number of thiophene rings is 1. The summed E-state index contributed by atoms with van der Waals surface area (Å²) >= 11 is 1.51. The molecule has 1 aliphatic carbocycles. The number of likely N-dealkylation sites (tertiary alicyclic amines) is 1. The van der Waals surface area contributed by atoms with Crippen LogP contribution >= 0.6 is 11.3 Å². The highest BCUT2D eigenvalue weighted by Crippen LogP contribution is 2.40. The van der Waals surface area contributed by atoms with Crippen LogP contribution < -0.4 is 10.9 Å². The Morgan fingerprint density at radius 2 is 2.04 bits per heavy atom. The van der Waals surface area contributed by atoms with Crippen molar-refractivity contribution in [3.05, 3.63) is 21.4 Å². The van der Waals surface area contributed by atoms with Gasteiger partial charge in [-0.2, -0.15) is 0 Å². The topological polar surface area (TPSA) is 78.5 Å². The fourth-order valence-corrected chi connectivity index (χ4v) is 4.75. The molecule has 6 nitrogen and oxygen atoms in total. The number of carbonyl (C=O) groups excluding carboxylic acids is 3. The van der Waals surface area contributed by atoms with Gasteiger partial charge in [0.05, 0.1) is 4.88 Å². The van der Waals surface area contributed by atoms with E-state index in [4.69, 9.17) is 0 Å². The predicted octanol–water partition coefficient (Wildman–Crippen LogP) is 2.28. The average molecular weight is 378 g/mol. The summed E-state index contributed by atoms with van der Waals surface area (Å²) in [5, 5.41) is 0. The van der Waals surface area contributed by atoms with Crippen molar-refractivity contribution in [2.75, 3.05) is 13.1 Å². The molecular weight excluding hydrogens is 350 g/mol. The van der Waals surface area contributed by atoms with Gasteiger partial charge >= 0.3 is 0 Å². The van der Waals surface area contributed by atoms with Crippen LogP contribution in [0.4, 0.5) is 0 Å². The molecule has 1 atom stereocenters. The highest BCUT2D eigenvalue weighted by molar-refractivity contribution is 7.14. The molecule has 1 aromatic rings. The fourth-order valence-electron chi connectivity index (χ4n) is 3.65. The Morgan fingerprint density at radius 3 is 2.69 bits per heavy atom. The van der Waals surface area contributed by atoms with Crippen LogP contribution in [0.5, 0.6) is 0 Å². The van der Waals surface area contributed by atoms with Gasteiger partial charge in [0.2, 0.25) is 5.91 Å². The van der Waals surface area contributed by atoms with Gasteiger partial charge in [-0.1, -0.05) is 20.8 Å². The molecule has 7 heteroatoms. The van der Waals surface area contributed by atoms with Crippen molar-refractivity contribution in [3.8, 4) is 0 Å². The van der Waals surface area contributed by atoms with Gasteiger partial charge in [-0.05, 0) is 48.6 Å². The Morgan fingerprint density at radius 1 is 1.27 bits per heavy atom. The largest absolute Gasteiger partial charge is 0.333 e. The minimum absolute atomic E-state index is 0.00663. The summed E-state index contributed by atoms with van der Waals surface area (Å²) in [5.74, 6) is -0.0513. The normalized spacial score (nSPS) is 20.0. The van der Waals surface area contributed by atoms with Crippen molar-refractivity contribution >= 4 is 29.1 Å². The van der Waals surface area contributed by atoms with Gasteiger partial charge in [0.1, 0.15) is 6.54 Å². The number of carbonyl (C=O) groups is 3. The van der Waals surface area contributed by atoms with Gasteiger partial charge in [-0.3, -0.25) is 25.2 Å². The first-order valence-electron chi connectivity index (χ1n) is 9.22. The Labute approximate surface area is 158 Å². The summed E-state index contributed by atoms with van der Waals surface area (Å²) in [7, 11) is 0. The molecule has 1 aliphatic heterocycles. The Hall–Kier alpha value is -1.89. The standard InChI is InChI=1S/C19H27N3O3S/c1-19(2,3)13-6-7-14-12(9-13)10-15(26-14)18(25)21-20-16(23)11-22-8-4-5-17(22)24/h10,13H,4-9,11H2,1-3H3,(H,20,23)(H,21,25)/t13-/m1/s1. The van der Waals surface area contributed by atoms with Crippen molar-refractivity contribution in [3.63, 3.8) is 0 Å². The highest BCUT2D eigenvalue weighted by Gasteiger charge is 2.30. The van der Waals surface area contributed by atoms with Crippen LogP contribution in [0.3, 0.4) is 0 Å². The van der Waals surface area contributed by atoms with E-state index in [9.17, 15) is 14.4 Å². The first-order valence-corrected chi connectivity index (χ1v) is 10.0. The fraction of sp³-hybridized carbons (Fsp3) is 0.632. The molecule has 0 unspecified atom stereocenters. The molecular formula is C19H27N3O3S. The summed E-state index contributed by atoms with van der Waals surface area (Å²) in [5.41, 5.74) is 6.42. The molecule has 0 aromatic carbocycles. The molecule has 0 radical (unpaired) electrons. The second kappa shape index (κ2) is 7.39. The molecule has 26 heavy (non-hydrogen) atoms. The van der Waals surface area contributed by atoms with E-state index in [0.29, 0.717) is 23.8 Å². The van der Waals surface area contributed by atoms with Crippen molar-refractivity contribution in [2.24, 2.45) is 11.3 Å². The van der Waals surface area contributed by atoms with E-state index in [0.717, 1.165) is 25.7 Å². The number of nitrogens with zero attached hydrogens (tertiary/aromatic N) is 1. The minimum Gasteiger partial charge on any atom is -0.333 e. The zero-order valence-corrected chi connectivity index (χ0v) is 16.5.